The van der Waals surface area contributed by atoms with E-state index in [0.717, 1.165) is 34.0 Å². The van der Waals surface area contributed by atoms with Crippen LogP contribution in [0.2, 0.25) is 0 Å². The van der Waals surface area contributed by atoms with Gasteiger partial charge in [-0.3, -0.25) is 0 Å². The number of aromatic nitrogens is 3. The smallest absolute Gasteiger partial charge is 0.440 e. The number of halogens is 6. The van der Waals surface area contributed by atoms with Gasteiger partial charge in [-0.15, -0.1) is 13.2 Å². The molecule has 12 heteroatoms. The zero-order valence-corrected chi connectivity index (χ0v) is 22.9. The summed E-state index contributed by atoms with van der Waals surface area (Å²) >= 11 is 0. The van der Waals surface area contributed by atoms with Gasteiger partial charge in [-0.1, -0.05) is 24.3 Å². The van der Waals surface area contributed by atoms with Gasteiger partial charge in [0.2, 0.25) is 0 Å². The topological polar surface area (TPSA) is 76.9 Å². The minimum atomic E-state index is -4.87. The Morgan fingerprint density at radius 3 is 2.16 bits per heavy atom. The van der Waals surface area contributed by atoms with Crippen LogP contribution in [0.1, 0.15) is 31.0 Å². The van der Waals surface area contributed by atoms with Gasteiger partial charge >= 0.3 is 12.5 Å². The molecule has 0 bridgehead atoms. The van der Waals surface area contributed by atoms with Gasteiger partial charge < -0.3 is 9.15 Å². The molecule has 0 N–H and O–H groups in total. The predicted octanol–water partition coefficient (Wildman–Crippen LogP) is 8.89. The molecule has 0 spiro atoms. The molecule has 5 aromatic rings. The third-order valence-corrected chi connectivity index (χ3v) is 6.66. The molecule has 5 rings (SSSR count). The van der Waals surface area contributed by atoms with Crippen LogP contribution in [0.3, 0.4) is 0 Å². The Morgan fingerprint density at radius 2 is 1.53 bits per heavy atom. The van der Waals surface area contributed by atoms with Crippen LogP contribution in [0.25, 0.3) is 39.4 Å². The number of rotatable bonds is 6. The third-order valence-electron chi connectivity index (χ3n) is 6.66. The monoisotopic (exact) mass is 596 g/mol. The Balaban J connectivity index is 1.68. The largest absolute Gasteiger partial charge is 0.573 e. The summed E-state index contributed by atoms with van der Waals surface area (Å²) in [6, 6.07) is 20.4. The van der Waals surface area contributed by atoms with E-state index in [9.17, 15) is 31.6 Å². The van der Waals surface area contributed by atoms with Crippen molar-refractivity contribution in [2.24, 2.45) is 0 Å². The summed E-state index contributed by atoms with van der Waals surface area (Å²) < 4.78 is 89.2. The van der Waals surface area contributed by atoms with Crippen molar-refractivity contribution < 1.29 is 35.5 Å². The fourth-order valence-corrected chi connectivity index (χ4v) is 4.48. The predicted molar refractivity (Wildman–Crippen MR) is 145 cm³/mol. The molecule has 3 aromatic carbocycles. The second-order valence-corrected chi connectivity index (χ2v) is 10.2. The normalized spacial score (nSPS) is 12.3. The number of nitrogens with zero attached hydrogens (tertiary/aromatic N) is 4. The maximum absolute atomic E-state index is 13.4. The standard InChI is InChI=1S/C31H22F6N4O2/c1-18-39-27(19-7-10-23(11-8-19)43-31(35,36)37)28(42-18)24-16-21(20-5-4-6-22(15-20)29(2,3)17-38)9-12-25(24)41-14-13-26(40-41)30(32,33)34/h4-16H,1-3H3. The molecule has 43 heavy (non-hydrogen) atoms. The summed E-state index contributed by atoms with van der Waals surface area (Å²) in [5.74, 6) is -0.0558. The SMILES string of the molecule is Cc1nc(-c2ccc(OC(F)(F)F)cc2)c(-c2cc(-c3cccc(C(C)(C)C#N)c3)ccc2-n2ccc(C(F)(F)F)n2)o1. The highest BCUT2D eigenvalue weighted by Crippen LogP contribution is 2.40. The van der Waals surface area contributed by atoms with Gasteiger partial charge in [0.15, 0.2) is 17.3 Å². The highest BCUT2D eigenvalue weighted by Gasteiger charge is 2.34. The second-order valence-electron chi connectivity index (χ2n) is 10.2. The number of nitriles is 1. The van der Waals surface area contributed by atoms with E-state index in [-0.39, 0.29) is 23.0 Å². The third kappa shape index (κ3) is 6.25. The van der Waals surface area contributed by atoms with Crippen LogP contribution < -0.4 is 4.74 Å². The number of oxazole rings is 1. The van der Waals surface area contributed by atoms with Crippen molar-refractivity contribution in [1.29, 1.82) is 5.26 Å². The highest BCUT2D eigenvalue weighted by atomic mass is 19.4. The van der Waals surface area contributed by atoms with Gasteiger partial charge in [-0.25, -0.2) is 9.67 Å². The molecule has 6 nitrogen and oxygen atoms in total. The molecule has 2 aromatic heterocycles. The summed E-state index contributed by atoms with van der Waals surface area (Å²) in [6.45, 7) is 5.14. The lowest BCUT2D eigenvalue weighted by Gasteiger charge is -2.17. The van der Waals surface area contributed by atoms with Gasteiger partial charge in [-0.05, 0) is 79.1 Å². The van der Waals surface area contributed by atoms with E-state index in [1.165, 1.54) is 18.3 Å². The van der Waals surface area contributed by atoms with Crippen molar-refractivity contribution in [3.8, 4) is 51.2 Å². The Kier molecular flexibility index (Phi) is 7.29. The van der Waals surface area contributed by atoms with E-state index in [4.69, 9.17) is 4.42 Å². The Morgan fingerprint density at radius 1 is 0.860 bits per heavy atom. The number of ether oxygens (including phenoxy) is 1. The van der Waals surface area contributed by atoms with E-state index in [0.29, 0.717) is 16.7 Å². The quantitative estimate of drug-likeness (QED) is 0.183. The van der Waals surface area contributed by atoms with E-state index < -0.39 is 29.4 Å². The van der Waals surface area contributed by atoms with Gasteiger partial charge in [0.1, 0.15) is 11.4 Å². The summed E-state index contributed by atoms with van der Waals surface area (Å²) in [7, 11) is 0. The van der Waals surface area contributed by atoms with Crippen LogP contribution in [0, 0.1) is 18.3 Å². The second kappa shape index (κ2) is 10.7. The fraction of sp³-hybridized carbons (Fsp3) is 0.194. The Labute approximate surface area is 241 Å². The zero-order chi connectivity index (χ0) is 31.2. The molecule has 220 valence electrons. The van der Waals surface area contributed by atoms with Crippen LogP contribution in [0.5, 0.6) is 5.75 Å². The number of hydrogen-bond donors (Lipinski definition) is 0. The van der Waals surface area contributed by atoms with E-state index in [2.05, 4.69) is 20.9 Å². The van der Waals surface area contributed by atoms with Crippen LogP contribution in [-0.2, 0) is 11.6 Å². The first-order valence-electron chi connectivity index (χ1n) is 12.8. The van der Waals surface area contributed by atoms with Gasteiger partial charge in [0.25, 0.3) is 0 Å². The summed E-state index contributed by atoms with van der Waals surface area (Å²) in [5.41, 5.74) is 1.47. The maximum atomic E-state index is 13.4. The number of hydrogen-bond acceptors (Lipinski definition) is 5. The van der Waals surface area contributed by atoms with Gasteiger partial charge in [0.05, 0.1) is 17.2 Å². The molecule has 0 unspecified atom stereocenters. The summed E-state index contributed by atoms with van der Waals surface area (Å²) in [5, 5.41) is 13.3. The number of alkyl halides is 6. The minimum absolute atomic E-state index is 0.163. The van der Waals surface area contributed by atoms with E-state index >= 15 is 0 Å². The van der Waals surface area contributed by atoms with Crippen molar-refractivity contribution in [3.63, 3.8) is 0 Å². The van der Waals surface area contributed by atoms with Crippen molar-refractivity contribution in [2.75, 3.05) is 0 Å². The zero-order valence-electron chi connectivity index (χ0n) is 22.9. The lowest BCUT2D eigenvalue weighted by atomic mass is 9.84. The molecule has 0 radical (unpaired) electrons. The van der Waals surface area contributed by atoms with Crippen LogP contribution >= 0.6 is 0 Å². The van der Waals surface area contributed by atoms with Crippen LogP contribution in [0.4, 0.5) is 26.3 Å². The molecule has 0 aliphatic rings. The summed E-state index contributed by atoms with van der Waals surface area (Å²) in [4.78, 5) is 4.43. The molecule has 0 amide bonds. The van der Waals surface area contributed by atoms with Gasteiger partial charge in [0, 0.05) is 24.2 Å². The van der Waals surface area contributed by atoms with Crippen LogP contribution in [0.15, 0.2) is 83.4 Å². The summed E-state index contributed by atoms with van der Waals surface area (Å²) in [6.07, 6.45) is -8.37. The van der Waals surface area contributed by atoms with Crippen molar-refractivity contribution in [1.82, 2.24) is 14.8 Å². The highest BCUT2D eigenvalue weighted by molar-refractivity contribution is 5.85. The Hall–Kier alpha value is -5.05. The van der Waals surface area contributed by atoms with E-state index in [1.54, 1.807) is 45.0 Å². The molecule has 2 heterocycles. The van der Waals surface area contributed by atoms with Crippen molar-refractivity contribution >= 4 is 0 Å². The van der Waals surface area contributed by atoms with E-state index in [1.807, 2.05) is 18.2 Å². The first-order chi connectivity index (χ1) is 20.1. The average Bonchev–Trinajstić information content (AvgIpc) is 3.60. The fourth-order valence-electron chi connectivity index (χ4n) is 4.48. The minimum Gasteiger partial charge on any atom is -0.440 e. The van der Waals surface area contributed by atoms with Crippen molar-refractivity contribution in [3.05, 3.63) is 96.1 Å². The Bertz CT molecular complexity index is 1830. The first-order valence-corrected chi connectivity index (χ1v) is 12.8. The van der Waals surface area contributed by atoms with Crippen LogP contribution in [-0.4, -0.2) is 21.1 Å². The number of aryl methyl sites for hydroxylation is 1. The van der Waals surface area contributed by atoms with Gasteiger partial charge in [-0.2, -0.15) is 23.5 Å². The molecular formula is C31H22F6N4O2. The molecule has 0 saturated carbocycles. The first kappa shape index (κ1) is 29.4. The molecular weight excluding hydrogens is 574 g/mol. The lowest BCUT2D eigenvalue weighted by molar-refractivity contribution is -0.274. The molecule has 0 aliphatic carbocycles. The average molecular weight is 597 g/mol. The molecule has 0 fully saturated rings. The van der Waals surface area contributed by atoms with Crippen molar-refractivity contribution in [2.45, 2.75) is 38.7 Å². The molecule has 0 saturated heterocycles. The maximum Gasteiger partial charge on any atom is 0.573 e. The molecule has 0 atom stereocenters. The lowest BCUT2D eigenvalue weighted by Crippen LogP contribution is -2.16. The molecule has 0 aliphatic heterocycles. The number of benzene rings is 3.